The molecule has 1 aliphatic carbocycles. The molecule has 1 saturated carbocycles. The standard InChI is InChI=1S/C39H52N6O10/c1-3-52-39(51)44-18-16-43(17-19-44)38(50)29(13-14-35(47)55-23-27-9-6-20-53-27)42-36(48)31-22-33(28-12-11-25(2)21-30(28)41-31)54-24-34(46)45-15-5-10-32(45)37(49)40-26-7-4-8-26/h11-12,21-22,26-27,29,32H,3-10,13-20,23-24H2,1-2H3,(H,40,49)(H,42,48)/t27-,29?,32-/m0/s1. The zero-order valence-electron chi connectivity index (χ0n) is 31.7. The lowest BCUT2D eigenvalue weighted by Gasteiger charge is -2.36. The number of piperazine rings is 1. The number of carbonyl (C=O) groups is 6. The molecule has 298 valence electrons. The first-order valence-electron chi connectivity index (χ1n) is 19.5. The van der Waals surface area contributed by atoms with Crippen molar-refractivity contribution in [1.29, 1.82) is 0 Å². The van der Waals surface area contributed by atoms with Crippen LogP contribution in [0.15, 0.2) is 24.3 Å². The number of hydrogen-bond donors (Lipinski definition) is 2. The normalized spacial score (nSPS) is 20.4. The van der Waals surface area contributed by atoms with E-state index in [1.807, 2.05) is 13.0 Å². The quantitative estimate of drug-likeness (QED) is 0.269. The van der Waals surface area contributed by atoms with Gasteiger partial charge in [0.2, 0.25) is 11.8 Å². The summed E-state index contributed by atoms with van der Waals surface area (Å²) in [7, 11) is 0. The van der Waals surface area contributed by atoms with Crippen molar-refractivity contribution in [3.05, 3.63) is 35.5 Å². The molecule has 1 unspecified atom stereocenters. The predicted octanol–water partition coefficient (Wildman–Crippen LogP) is 2.48. The van der Waals surface area contributed by atoms with Crippen LogP contribution < -0.4 is 15.4 Å². The highest BCUT2D eigenvalue weighted by molar-refractivity contribution is 5.99. The lowest BCUT2D eigenvalue weighted by Crippen LogP contribution is -2.56. The smallest absolute Gasteiger partial charge is 0.409 e. The van der Waals surface area contributed by atoms with Gasteiger partial charge in [0.25, 0.3) is 11.8 Å². The number of likely N-dealkylation sites (tertiary alicyclic amines) is 1. The molecule has 0 bridgehead atoms. The van der Waals surface area contributed by atoms with E-state index in [0.717, 1.165) is 37.7 Å². The molecule has 4 aliphatic rings. The fraction of sp³-hybridized carbons (Fsp3) is 0.615. The first-order chi connectivity index (χ1) is 26.6. The van der Waals surface area contributed by atoms with Gasteiger partial charge >= 0.3 is 12.1 Å². The predicted molar refractivity (Wildman–Crippen MR) is 198 cm³/mol. The molecule has 1 aromatic heterocycles. The zero-order valence-corrected chi connectivity index (χ0v) is 31.7. The number of rotatable bonds is 14. The molecule has 2 N–H and O–H groups in total. The fourth-order valence-electron chi connectivity index (χ4n) is 7.28. The second-order valence-corrected chi connectivity index (χ2v) is 14.6. The average molecular weight is 765 g/mol. The Labute approximate surface area is 320 Å². The van der Waals surface area contributed by atoms with Gasteiger partial charge in [0.05, 0.1) is 18.2 Å². The Balaban J connectivity index is 1.15. The van der Waals surface area contributed by atoms with Crippen LogP contribution in [0.3, 0.4) is 0 Å². The monoisotopic (exact) mass is 764 g/mol. The van der Waals surface area contributed by atoms with Gasteiger partial charge < -0.3 is 44.3 Å². The van der Waals surface area contributed by atoms with Crippen LogP contribution >= 0.6 is 0 Å². The van der Waals surface area contributed by atoms with Crippen LogP contribution in [0.5, 0.6) is 5.75 Å². The summed E-state index contributed by atoms with van der Waals surface area (Å²) in [5.74, 6) is -1.84. The van der Waals surface area contributed by atoms with Crippen molar-refractivity contribution in [2.45, 2.75) is 95.9 Å². The van der Waals surface area contributed by atoms with Crippen LogP contribution in [-0.2, 0) is 33.4 Å². The number of pyridine rings is 1. The van der Waals surface area contributed by atoms with E-state index in [0.29, 0.717) is 36.9 Å². The van der Waals surface area contributed by atoms with Crippen LogP contribution in [-0.4, -0.2) is 139 Å². The zero-order chi connectivity index (χ0) is 38.9. The van der Waals surface area contributed by atoms with Crippen LogP contribution in [0.2, 0.25) is 0 Å². The molecule has 4 heterocycles. The molecule has 2 aromatic rings. The van der Waals surface area contributed by atoms with E-state index in [-0.39, 0.29) is 94.2 Å². The van der Waals surface area contributed by atoms with Gasteiger partial charge in [0.15, 0.2) is 6.61 Å². The summed E-state index contributed by atoms with van der Waals surface area (Å²) < 4.78 is 22.1. The van der Waals surface area contributed by atoms with Crippen molar-refractivity contribution < 1.29 is 47.7 Å². The van der Waals surface area contributed by atoms with E-state index in [1.165, 1.54) is 11.0 Å². The molecule has 3 saturated heterocycles. The SMILES string of the molecule is CCOC(=O)N1CCN(C(=O)C(CCC(=O)OC[C@@H]2CCCO2)NC(=O)c2cc(OCC(=O)N3CCC[C@H]3C(=O)NC3CCC3)c3ccc(C)cc3n2)CC1. The number of aryl methyl sites for hydroxylation is 1. The van der Waals surface area contributed by atoms with Gasteiger partial charge in [-0.25, -0.2) is 9.78 Å². The number of nitrogens with one attached hydrogen (secondary N) is 2. The summed E-state index contributed by atoms with van der Waals surface area (Å²) in [6, 6.07) is 5.39. The largest absolute Gasteiger partial charge is 0.483 e. The highest BCUT2D eigenvalue weighted by Crippen LogP contribution is 2.28. The molecule has 16 nitrogen and oxygen atoms in total. The van der Waals surface area contributed by atoms with Gasteiger partial charge in [0.1, 0.15) is 30.1 Å². The number of carbonyl (C=O) groups excluding carboxylic acids is 6. The van der Waals surface area contributed by atoms with Gasteiger partial charge in [0, 0.05) is 63.2 Å². The summed E-state index contributed by atoms with van der Waals surface area (Å²) in [4.78, 5) is 88.5. The second-order valence-electron chi connectivity index (χ2n) is 14.6. The Morgan fingerprint density at radius 1 is 0.927 bits per heavy atom. The van der Waals surface area contributed by atoms with E-state index in [1.54, 1.807) is 28.9 Å². The fourth-order valence-corrected chi connectivity index (χ4v) is 7.28. The number of hydrogen-bond acceptors (Lipinski definition) is 11. The average Bonchev–Trinajstić information content (AvgIpc) is 3.89. The van der Waals surface area contributed by atoms with Crippen LogP contribution in [0.1, 0.15) is 80.8 Å². The highest BCUT2D eigenvalue weighted by atomic mass is 16.6. The van der Waals surface area contributed by atoms with E-state index in [4.69, 9.17) is 18.9 Å². The molecular formula is C39H52N6O10. The third kappa shape index (κ3) is 10.2. The van der Waals surface area contributed by atoms with Crippen molar-refractivity contribution in [3.8, 4) is 5.75 Å². The Morgan fingerprint density at radius 3 is 2.42 bits per heavy atom. The number of ether oxygens (including phenoxy) is 4. The number of aromatic nitrogens is 1. The summed E-state index contributed by atoms with van der Waals surface area (Å²) in [5, 5.41) is 6.42. The molecule has 3 aliphatic heterocycles. The van der Waals surface area contributed by atoms with E-state index < -0.39 is 36.0 Å². The van der Waals surface area contributed by atoms with Crippen LogP contribution in [0.25, 0.3) is 10.9 Å². The third-order valence-electron chi connectivity index (χ3n) is 10.7. The minimum atomic E-state index is -1.11. The molecule has 6 rings (SSSR count). The Morgan fingerprint density at radius 2 is 1.71 bits per heavy atom. The molecule has 1 aromatic carbocycles. The first-order valence-corrected chi connectivity index (χ1v) is 19.5. The number of nitrogens with zero attached hydrogens (tertiary/aromatic N) is 4. The molecule has 16 heteroatoms. The Bertz CT molecular complexity index is 1740. The van der Waals surface area contributed by atoms with E-state index in [9.17, 15) is 28.8 Å². The number of fused-ring (bicyclic) bond motifs is 1. The maximum atomic E-state index is 13.9. The number of amides is 5. The molecule has 3 atom stereocenters. The minimum Gasteiger partial charge on any atom is -0.483 e. The van der Waals surface area contributed by atoms with Crippen molar-refractivity contribution in [1.82, 2.24) is 30.3 Å². The Kier molecular flexibility index (Phi) is 13.4. The molecular weight excluding hydrogens is 712 g/mol. The number of esters is 1. The highest BCUT2D eigenvalue weighted by Gasteiger charge is 2.36. The lowest BCUT2D eigenvalue weighted by molar-refractivity contribution is -0.147. The van der Waals surface area contributed by atoms with Crippen LogP contribution in [0.4, 0.5) is 4.79 Å². The van der Waals surface area contributed by atoms with Crippen molar-refractivity contribution >= 4 is 46.6 Å². The van der Waals surface area contributed by atoms with Crippen molar-refractivity contribution in [3.63, 3.8) is 0 Å². The summed E-state index contributed by atoms with van der Waals surface area (Å²) in [6.07, 6.45) is 5.20. The van der Waals surface area contributed by atoms with Gasteiger partial charge in [-0.05, 0) is 82.9 Å². The van der Waals surface area contributed by atoms with Gasteiger partial charge in [-0.3, -0.25) is 24.0 Å². The third-order valence-corrected chi connectivity index (χ3v) is 10.7. The van der Waals surface area contributed by atoms with Gasteiger partial charge in [-0.1, -0.05) is 6.07 Å². The molecule has 5 amide bonds. The maximum Gasteiger partial charge on any atom is 0.409 e. The summed E-state index contributed by atoms with van der Waals surface area (Å²) >= 11 is 0. The van der Waals surface area contributed by atoms with Crippen molar-refractivity contribution in [2.24, 2.45) is 0 Å². The van der Waals surface area contributed by atoms with Gasteiger partial charge in [-0.2, -0.15) is 0 Å². The minimum absolute atomic E-state index is 0.0388. The van der Waals surface area contributed by atoms with Crippen molar-refractivity contribution in [2.75, 3.05) is 59.2 Å². The molecule has 0 radical (unpaired) electrons. The molecule has 0 spiro atoms. The Hall–Kier alpha value is -4.99. The second kappa shape index (κ2) is 18.6. The van der Waals surface area contributed by atoms with Crippen LogP contribution in [0, 0.1) is 6.92 Å². The van der Waals surface area contributed by atoms with E-state index >= 15 is 0 Å². The number of benzene rings is 1. The lowest BCUT2D eigenvalue weighted by atomic mass is 9.93. The molecule has 4 fully saturated rings. The first kappa shape index (κ1) is 39.7. The summed E-state index contributed by atoms with van der Waals surface area (Å²) in [5.41, 5.74) is 1.28. The maximum absolute atomic E-state index is 13.9. The topological polar surface area (TPSA) is 186 Å². The summed E-state index contributed by atoms with van der Waals surface area (Å²) in [6.45, 7) is 5.62. The van der Waals surface area contributed by atoms with E-state index in [2.05, 4.69) is 15.6 Å². The molecule has 55 heavy (non-hydrogen) atoms. The van der Waals surface area contributed by atoms with Gasteiger partial charge in [-0.15, -0.1) is 0 Å².